The molecule has 2 heterocycles. The summed E-state index contributed by atoms with van der Waals surface area (Å²) in [5.74, 6) is 0.266. The van der Waals surface area contributed by atoms with Gasteiger partial charge in [-0.1, -0.05) is 30.3 Å². The second kappa shape index (κ2) is 8.19. The maximum absolute atomic E-state index is 12.4. The van der Waals surface area contributed by atoms with Crippen molar-refractivity contribution >= 4 is 5.91 Å². The Bertz CT molecular complexity index is 803. The van der Waals surface area contributed by atoms with Gasteiger partial charge < -0.3 is 9.32 Å². The van der Waals surface area contributed by atoms with Crippen molar-refractivity contribution in [2.75, 3.05) is 13.6 Å². The quantitative estimate of drug-likeness (QED) is 0.663. The third kappa shape index (κ3) is 4.73. The molecule has 3 rings (SSSR count). The molecule has 3 aromatic rings. The number of aromatic nitrogens is 3. The number of nitrogens with zero attached hydrogens (tertiary/aromatic N) is 4. The van der Waals surface area contributed by atoms with E-state index in [1.54, 1.807) is 24.3 Å². The minimum atomic E-state index is -0.257. The van der Waals surface area contributed by atoms with Crippen molar-refractivity contribution in [2.45, 2.75) is 19.3 Å². The molecule has 128 valence electrons. The second-order valence-electron chi connectivity index (χ2n) is 5.82. The highest BCUT2D eigenvalue weighted by atomic mass is 16.4. The fourth-order valence-electron chi connectivity index (χ4n) is 2.45. The van der Waals surface area contributed by atoms with Crippen LogP contribution in [0.1, 0.15) is 27.7 Å². The van der Waals surface area contributed by atoms with E-state index in [9.17, 15) is 4.79 Å². The molecule has 0 radical (unpaired) electrons. The average molecular weight is 336 g/mol. The van der Waals surface area contributed by atoms with Gasteiger partial charge in [-0.15, -0.1) is 10.2 Å². The molecular weight excluding hydrogens is 316 g/mol. The van der Waals surface area contributed by atoms with Crippen molar-refractivity contribution in [1.82, 2.24) is 20.1 Å². The zero-order valence-electron chi connectivity index (χ0n) is 14.1. The van der Waals surface area contributed by atoms with Crippen LogP contribution in [0.5, 0.6) is 0 Å². The lowest BCUT2D eigenvalue weighted by molar-refractivity contribution is 0.0755. The summed E-state index contributed by atoms with van der Waals surface area (Å²) in [6, 6.07) is 13.9. The maximum atomic E-state index is 12.4. The molecule has 0 aliphatic heterocycles. The van der Waals surface area contributed by atoms with Gasteiger partial charge in [0.2, 0.25) is 5.89 Å². The van der Waals surface area contributed by atoms with Crippen LogP contribution in [0.3, 0.4) is 0 Å². The second-order valence-corrected chi connectivity index (χ2v) is 5.82. The lowest BCUT2D eigenvalue weighted by Gasteiger charge is -2.14. The van der Waals surface area contributed by atoms with Gasteiger partial charge >= 0.3 is 11.8 Å². The SMILES string of the molecule is CN(CCc1ccncc1)C(=O)c1nnc(CCc2ccccc2)o1. The standard InChI is InChI=1S/C19H20N4O2/c1-23(14-11-16-9-12-20-13-10-16)19(24)18-22-21-17(25-18)8-7-15-5-3-2-4-6-15/h2-6,9-10,12-13H,7-8,11,14H2,1H3. The van der Waals surface area contributed by atoms with E-state index in [2.05, 4.69) is 27.3 Å². The highest BCUT2D eigenvalue weighted by Gasteiger charge is 2.19. The number of hydrogen-bond acceptors (Lipinski definition) is 5. The number of pyridine rings is 1. The number of carbonyl (C=O) groups excluding carboxylic acids is 1. The summed E-state index contributed by atoms with van der Waals surface area (Å²) in [4.78, 5) is 17.9. The van der Waals surface area contributed by atoms with E-state index in [-0.39, 0.29) is 11.8 Å². The summed E-state index contributed by atoms with van der Waals surface area (Å²) in [5.41, 5.74) is 2.33. The molecule has 0 aliphatic carbocycles. The van der Waals surface area contributed by atoms with E-state index in [4.69, 9.17) is 4.42 Å². The fraction of sp³-hybridized carbons (Fsp3) is 0.263. The number of rotatable bonds is 7. The summed E-state index contributed by atoms with van der Waals surface area (Å²) in [6.07, 6.45) is 5.65. The van der Waals surface area contributed by atoms with Gasteiger partial charge in [-0.25, -0.2) is 0 Å². The Morgan fingerprint density at radius 3 is 2.44 bits per heavy atom. The molecule has 2 aromatic heterocycles. The minimum absolute atomic E-state index is 0.0419. The summed E-state index contributed by atoms with van der Waals surface area (Å²) in [6.45, 7) is 0.574. The first-order valence-corrected chi connectivity index (χ1v) is 8.23. The first-order valence-electron chi connectivity index (χ1n) is 8.23. The average Bonchev–Trinajstić information content (AvgIpc) is 3.14. The molecule has 0 N–H and O–H groups in total. The molecule has 0 spiro atoms. The topological polar surface area (TPSA) is 72.1 Å². The molecular formula is C19H20N4O2. The zero-order valence-corrected chi connectivity index (χ0v) is 14.1. The molecule has 0 saturated carbocycles. The molecule has 0 aliphatic rings. The third-order valence-corrected chi connectivity index (χ3v) is 3.95. The predicted octanol–water partition coefficient (Wildman–Crippen LogP) is 2.56. The number of likely N-dealkylation sites (N-methyl/N-ethyl adjacent to an activating group) is 1. The van der Waals surface area contributed by atoms with Crippen LogP contribution in [-0.2, 0) is 19.3 Å². The molecule has 25 heavy (non-hydrogen) atoms. The Balaban J connectivity index is 1.53. The van der Waals surface area contributed by atoms with Crippen LogP contribution in [0, 0.1) is 0 Å². The molecule has 0 atom stereocenters. The first-order chi connectivity index (χ1) is 12.2. The van der Waals surface area contributed by atoms with Gasteiger partial charge in [-0.3, -0.25) is 9.78 Å². The van der Waals surface area contributed by atoms with Crippen LogP contribution in [0.4, 0.5) is 0 Å². The highest BCUT2D eigenvalue weighted by Crippen LogP contribution is 2.09. The molecule has 0 fully saturated rings. The maximum Gasteiger partial charge on any atom is 0.311 e. The van der Waals surface area contributed by atoms with Gasteiger partial charge in [0.1, 0.15) is 0 Å². The van der Waals surface area contributed by atoms with Crippen LogP contribution in [0.25, 0.3) is 0 Å². The number of amides is 1. The van der Waals surface area contributed by atoms with Crippen LogP contribution >= 0.6 is 0 Å². The molecule has 1 aromatic carbocycles. The highest BCUT2D eigenvalue weighted by molar-refractivity contribution is 5.89. The van der Waals surface area contributed by atoms with Crippen molar-refractivity contribution in [1.29, 1.82) is 0 Å². The molecule has 0 unspecified atom stereocenters. The summed E-state index contributed by atoms with van der Waals surface area (Å²) >= 11 is 0. The van der Waals surface area contributed by atoms with Crippen molar-refractivity contribution < 1.29 is 9.21 Å². The van der Waals surface area contributed by atoms with Crippen molar-refractivity contribution in [3.05, 3.63) is 77.8 Å². The van der Waals surface area contributed by atoms with Crippen LogP contribution in [-0.4, -0.2) is 39.6 Å². The minimum Gasteiger partial charge on any atom is -0.417 e. The van der Waals surface area contributed by atoms with E-state index in [0.29, 0.717) is 18.9 Å². The van der Waals surface area contributed by atoms with Crippen LogP contribution in [0.15, 0.2) is 59.3 Å². The van der Waals surface area contributed by atoms with E-state index in [1.807, 2.05) is 30.3 Å². The fourth-order valence-corrected chi connectivity index (χ4v) is 2.45. The third-order valence-electron chi connectivity index (χ3n) is 3.95. The Kier molecular flexibility index (Phi) is 5.51. The van der Waals surface area contributed by atoms with Gasteiger partial charge in [-0.2, -0.15) is 0 Å². The number of hydrogen-bond donors (Lipinski definition) is 0. The Hall–Kier alpha value is -3.02. The largest absolute Gasteiger partial charge is 0.417 e. The Labute approximate surface area is 146 Å². The Morgan fingerprint density at radius 1 is 0.960 bits per heavy atom. The Morgan fingerprint density at radius 2 is 1.68 bits per heavy atom. The van der Waals surface area contributed by atoms with Gasteiger partial charge in [0, 0.05) is 32.4 Å². The van der Waals surface area contributed by atoms with E-state index in [1.165, 1.54) is 5.56 Å². The predicted molar refractivity (Wildman–Crippen MR) is 93.0 cm³/mol. The zero-order chi connectivity index (χ0) is 17.5. The number of benzene rings is 1. The monoisotopic (exact) mass is 336 g/mol. The van der Waals surface area contributed by atoms with Gasteiger partial charge in [0.15, 0.2) is 0 Å². The van der Waals surface area contributed by atoms with E-state index >= 15 is 0 Å². The summed E-state index contributed by atoms with van der Waals surface area (Å²) < 4.78 is 5.52. The number of carbonyl (C=O) groups is 1. The van der Waals surface area contributed by atoms with Gasteiger partial charge in [0.05, 0.1) is 0 Å². The van der Waals surface area contributed by atoms with Crippen molar-refractivity contribution in [3.8, 4) is 0 Å². The van der Waals surface area contributed by atoms with E-state index in [0.717, 1.165) is 18.4 Å². The summed E-state index contributed by atoms with van der Waals surface area (Å²) in [7, 11) is 1.73. The molecule has 0 saturated heterocycles. The van der Waals surface area contributed by atoms with Crippen LogP contribution < -0.4 is 0 Å². The molecule has 1 amide bonds. The molecule has 0 bridgehead atoms. The normalized spacial score (nSPS) is 10.6. The van der Waals surface area contributed by atoms with E-state index < -0.39 is 0 Å². The number of aryl methyl sites for hydroxylation is 2. The van der Waals surface area contributed by atoms with Crippen molar-refractivity contribution in [3.63, 3.8) is 0 Å². The first kappa shape index (κ1) is 16.8. The van der Waals surface area contributed by atoms with Gasteiger partial charge in [0.25, 0.3) is 0 Å². The smallest absolute Gasteiger partial charge is 0.311 e. The van der Waals surface area contributed by atoms with Crippen LogP contribution in [0.2, 0.25) is 0 Å². The van der Waals surface area contributed by atoms with Crippen molar-refractivity contribution in [2.24, 2.45) is 0 Å². The summed E-state index contributed by atoms with van der Waals surface area (Å²) in [5, 5.41) is 7.87. The molecule has 6 heteroatoms. The lowest BCUT2D eigenvalue weighted by Crippen LogP contribution is -2.29. The van der Waals surface area contributed by atoms with Gasteiger partial charge in [-0.05, 0) is 36.1 Å². The lowest BCUT2D eigenvalue weighted by atomic mass is 10.1. The molecule has 6 nitrogen and oxygen atoms in total.